The van der Waals surface area contributed by atoms with Crippen LogP contribution < -0.4 is 0 Å². The maximum atomic E-state index is 9.26. The molecule has 0 saturated carbocycles. The van der Waals surface area contributed by atoms with Gasteiger partial charge in [-0.15, -0.1) is 10.2 Å². The zero-order chi connectivity index (χ0) is 11.7. The zero-order valence-corrected chi connectivity index (χ0v) is 9.94. The van der Waals surface area contributed by atoms with Gasteiger partial charge in [-0.05, 0) is 41.4 Å². The summed E-state index contributed by atoms with van der Waals surface area (Å²) in [6.07, 6.45) is 2.13. The Morgan fingerprint density at radius 1 is 1.38 bits per heavy atom. The molecular weight excluding hydrogens is 202 g/mol. The van der Waals surface area contributed by atoms with Crippen LogP contribution >= 0.6 is 0 Å². The van der Waals surface area contributed by atoms with Crippen LogP contribution in [-0.2, 0) is 6.42 Å². The molecule has 4 nitrogen and oxygen atoms in total. The van der Waals surface area contributed by atoms with Crippen molar-refractivity contribution in [1.29, 1.82) is 0 Å². The summed E-state index contributed by atoms with van der Waals surface area (Å²) in [5.74, 6) is 0.619. The minimum absolute atomic E-state index is 0.619. The topological polar surface area (TPSA) is 50.9 Å². The van der Waals surface area contributed by atoms with E-state index in [1.165, 1.54) is 11.1 Å². The van der Waals surface area contributed by atoms with E-state index in [0.29, 0.717) is 10.9 Å². The lowest BCUT2D eigenvalue weighted by molar-refractivity contribution is 0.113. The Morgan fingerprint density at radius 3 is 2.81 bits per heavy atom. The molecule has 0 aliphatic carbocycles. The average Bonchev–Trinajstić information content (AvgIpc) is 2.63. The van der Waals surface area contributed by atoms with E-state index in [-0.39, 0.29) is 0 Å². The van der Waals surface area contributed by atoms with Crippen molar-refractivity contribution < 1.29 is 5.21 Å². The Hall–Kier alpha value is -1.58. The summed E-state index contributed by atoms with van der Waals surface area (Å²) in [7, 11) is 0. The van der Waals surface area contributed by atoms with Gasteiger partial charge >= 0.3 is 0 Å². The number of aryl methyl sites for hydroxylation is 1. The lowest BCUT2D eigenvalue weighted by atomic mass is 9.95. The van der Waals surface area contributed by atoms with Crippen LogP contribution in [-0.4, -0.2) is 20.4 Å². The highest BCUT2D eigenvalue weighted by molar-refractivity contribution is 5.78. The van der Waals surface area contributed by atoms with Crippen molar-refractivity contribution in [2.24, 2.45) is 5.92 Å². The minimum Gasteiger partial charge on any atom is -0.396 e. The van der Waals surface area contributed by atoms with Gasteiger partial charge in [0.2, 0.25) is 0 Å². The third-order valence-electron chi connectivity index (χ3n) is 3.13. The fourth-order valence-electron chi connectivity index (χ4n) is 1.88. The number of benzene rings is 1. The summed E-state index contributed by atoms with van der Waals surface area (Å²) in [5.41, 5.74) is 4.00. The van der Waals surface area contributed by atoms with Crippen LogP contribution in [0, 0.1) is 12.8 Å². The molecule has 2 rings (SSSR count). The number of hydrogen-bond acceptors (Lipinski definition) is 3. The lowest BCUT2D eigenvalue weighted by Crippen LogP contribution is -2.01. The van der Waals surface area contributed by atoms with E-state index in [9.17, 15) is 5.21 Å². The standard InChI is InChI=1S/C12H17N3O/c1-4-8(2)7-10-9(3)5-6-11-12(10)14-15(16)13-11/h5-6,8,16H,4,7H2,1-3H3. The molecule has 1 atom stereocenters. The first-order chi connectivity index (χ1) is 7.61. The highest BCUT2D eigenvalue weighted by Crippen LogP contribution is 2.22. The van der Waals surface area contributed by atoms with Gasteiger partial charge in [-0.25, -0.2) is 0 Å². The Morgan fingerprint density at radius 2 is 2.12 bits per heavy atom. The van der Waals surface area contributed by atoms with Crippen LogP contribution in [0.25, 0.3) is 11.0 Å². The molecule has 1 N–H and O–H groups in total. The van der Waals surface area contributed by atoms with Gasteiger partial charge in [0.15, 0.2) is 0 Å². The van der Waals surface area contributed by atoms with Crippen molar-refractivity contribution in [3.8, 4) is 0 Å². The van der Waals surface area contributed by atoms with Crippen LogP contribution in [0.5, 0.6) is 0 Å². The monoisotopic (exact) mass is 219 g/mol. The number of hydrogen-bond donors (Lipinski definition) is 1. The van der Waals surface area contributed by atoms with Crippen molar-refractivity contribution in [3.05, 3.63) is 23.3 Å². The fraction of sp³-hybridized carbons (Fsp3) is 0.500. The first-order valence-corrected chi connectivity index (χ1v) is 5.66. The van der Waals surface area contributed by atoms with Crippen LogP contribution in [0.4, 0.5) is 0 Å². The van der Waals surface area contributed by atoms with E-state index in [1.807, 2.05) is 12.1 Å². The summed E-state index contributed by atoms with van der Waals surface area (Å²) in [5, 5.41) is 17.2. The second-order valence-corrected chi connectivity index (χ2v) is 4.41. The molecule has 0 saturated heterocycles. The smallest absolute Gasteiger partial charge is 0.120 e. The fourth-order valence-corrected chi connectivity index (χ4v) is 1.88. The molecule has 1 aromatic heterocycles. The molecule has 2 aromatic rings. The van der Waals surface area contributed by atoms with Gasteiger partial charge in [-0.3, -0.25) is 0 Å². The predicted octanol–water partition coefficient (Wildman–Crippen LogP) is 2.57. The molecule has 1 unspecified atom stereocenters. The number of fused-ring (bicyclic) bond motifs is 1. The van der Waals surface area contributed by atoms with Gasteiger partial charge in [0.05, 0.1) is 0 Å². The molecule has 0 amide bonds. The van der Waals surface area contributed by atoms with Crippen LogP contribution in [0.1, 0.15) is 31.4 Å². The molecule has 0 aliphatic rings. The molecule has 0 fully saturated rings. The van der Waals surface area contributed by atoms with Crippen LogP contribution in [0.15, 0.2) is 12.1 Å². The largest absolute Gasteiger partial charge is 0.396 e. The quantitative estimate of drug-likeness (QED) is 0.807. The highest BCUT2D eigenvalue weighted by Gasteiger charge is 2.12. The van der Waals surface area contributed by atoms with Gasteiger partial charge in [0, 0.05) is 0 Å². The minimum atomic E-state index is 0.619. The number of aromatic nitrogens is 3. The summed E-state index contributed by atoms with van der Waals surface area (Å²) in [4.78, 5) is 0.657. The molecule has 1 heterocycles. The van der Waals surface area contributed by atoms with E-state index >= 15 is 0 Å². The molecule has 0 spiro atoms. The summed E-state index contributed by atoms with van der Waals surface area (Å²) < 4.78 is 0. The molecule has 0 aliphatic heterocycles. The molecular formula is C12H17N3O. The van der Waals surface area contributed by atoms with Crippen molar-refractivity contribution >= 4 is 11.0 Å². The summed E-state index contributed by atoms with van der Waals surface area (Å²) >= 11 is 0. The molecule has 86 valence electrons. The zero-order valence-electron chi connectivity index (χ0n) is 9.94. The SMILES string of the molecule is CCC(C)Cc1c(C)ccc2nn(O)nc12. The molecule has 0 radical (unpaired) electrons. The number of rotatable bonds is 3. The van der Waals surface area contributed by atoms with Crippen molar-refractivity contribution in [1.82, 2.24) is 15.2 Å². The van der Waals surface area contributed by atoms with Gasteiger partial charge in [-0.1, -0.05) is 26.3 Å². The molecule has 16 heavy (non-hydrogen) atoms. The Labute approximate surface area is 94.8 Å². The number of nitrogens with zero attached hydrogens (tertiary/aromatic N) is 3. The maximum Gasteiger partial charge on any atom is 0.120 e. The molecule has 4 heteroatoms. The van der Waals surface area contributed by atoms with Gasteiger partial charge in [-0.2, -0.15) is 0 Å². The molecule has 1 aromatic carbocycles. The van der Waals surface area contributed by atoms with Crippen molar-refractivity contribution in [2.45, 2.75) is 33.6 Å². The van der Waals surface area contributed by atoms with Gasteiger partial charge in [0.25, 0.3) is 0 Å². The van der Waals surface area contributed by atoms with E-state index in [2.05, 4.69) is 31.0 Å². The second-order valence-electron chi connectivity index (χ2n) is 4.41. The van der Waals surface area contributed by atoms with Gasteiger partial charge in [0.1, 0.15) is 11.0 Å². The third kappa shape index (κ3) is 1.87. The normalized spacial score (nSPS) is 13.2. The first kappa shape index (κ1) is 10.9. The van der Waals surface area contributed by atoms with E-state index < -0.39 is 0 Å². The van der Waals surface area contributed by atoms with E-state index in [4.69, 9.17) is 0 Å². The van der Waals surface area contributed by atoms with Crippen molar-refractivity contribution in [3.63, 3.8) is 0 Å². The van der Waals surface area contributed by atoms with E-state index in [0.717, 1.165) is 23.9 Å². The van der Waals surface area contributed by atoms with Crippen LogP contribution in [0.2, 0.25) is 0 Å². The van der Waals surface area contributed by atoms with Crippen LogP contribution in [0.3, 0.4) is 0 Å². The lowest BCUT2D eigenvalue weighted by Gasteiger charge is -2.10. The Balaban J connectivity index is 2.52. The van der Waals surface area contributed by atoms with Gasteiger partial charge < -0.3 is 5.21 Å². The second kappa shape index (κ2) is 4.12. The van der Waals surface area contributed by atoms with Crippen molar-refractivity contribution in [2.75, 3.05) is 0 Å². The Kier molecular flexibility index (Phi) is 2.81. The Bertz CT molecular complexity index is 504. The summed E-state index contributed by atoms with van der Waals surface area (Å²) in [6, 6.07) is 3.93. The predicted molar refractivity (Wildman–Crippen MR) is 62.6 cm³/mol. The highest BCUT2D eigenvalue weighted by atomic mass is 16.5. The third-order valence-corrected chi connectivity index (χ3v) is 3.13. The first-order valence-electron chi connectivity index (χ1n) is 5.66. The maximum absolute atomic E-state index is 9.26. The molecule has 0 bridgehead atoms. The van der Waals surface area contributed by atoms with E-state index in [1.54, 1.807) is 0 Å². The summed E-state index contributed by atoms with van der Waals surface area (Å²) in [6.45, 7) is 6.48. The average molecular weight is 219 g/mol.